The topological polar surface area (TPSA) is 78.4 Å². The molecule has 1 atom stereocenters. The Labute approximate surface area is 125 Å². The van der Waals surface area contributed by atoms with Crippen LogP contribution in [0.3, 0.4) is 0 Å². The van der Waals surface area contributed by atoms with Crippen molar-refractivity contribution in [2.75, 3.05) is 6.54 Å². The lowest BCUT2D eigenvalue weighted by molar-refractivity contribution is -0.138. The van der Waals surface area contributed by atoms with Crippen molar-refractivity contribution in [3.05, 3.63) is 35.9 Å². The van der Waals surface area contributed by atoms with Gasteiger partial charge in [0.25, 0.3) is 0 Å². The Balaban J connectivity index is 2.59. The van der Waals surface area contributed by atoms with Crippen LogP contribution in [0.25, 0.3) is 0 Å². The van der Waals surface area contributed by atoms with Crippen molar-refractivity contribution in [2.24, 2.45) is 0 Å². The normalized spacial score (nSPS) is 12.5. The number of hydrogen-bond acceptors (Lipinski definition) is 2. The minimum absolute atomic E-state index is 0.0629. The zero-order chi connectivity index (χ0) is 15.9. The highest BCUT2D eigenvalue weighted by Gasteiger charge is 2.23. The molecule has 0 aliphatic rings. The number of amides is 2. The average molecular weight is 292 g/mol. The third kappa shape index (κ3) is 5.85. The summed E-state index contributed by atoms with van der Waals surface area (Å²) >= 11 is 0. The van der Waals surface area contributed by atoms with Gasteiger partial charge in [-0.1, -0.05) is 43.7 Å². The fraction of sp³-hybridized carbons (Fsp3) is 0.500. The standard InChI is InChI=1S/C16H24N2O3/c1-4-10-16(2,3)18-15(21)17-11-13(14(19)20)12-8-6-5-7-9-12/h5-9,13H,4,10-11H2,1-3H3,(H,19,20)(H2,17,18,21). The van der Waals surface area contributed by atoms with E-state index in [9.17, 15) is 14.7 Å². The first kappa shape index (κ1) is 17.0. The number of nitrogens with one attached hydrogen (secondary N) is 2. The zero-order valence-electron chi connectivity index (χ0n) is 12.8. The predicted molar refractivity (Wildman–Crippen MR) is 82.3 cm³/mol. The molecule has 5 nitrogen and oxygen atoms in total. The van der Waals surface area contributed by atoms with E-state index in [1.807, 2.05) is 19.9 Å². The van der Waals surface area contributed by atoms with E-state index >= 15 is 0 Å². The molecule has 0 fully saturated rings. The zero-order valence-corrected chi connectivity index (χ0v) is 12.8. The second-order valence-corrected chi connectivity index (χ2v) is 5.77. The van der Waals surface area contributed by atoms with Gasteiger partial charge < -0.3 is 15.7 Å². The molecule has 1 unspecified atom stereocenters. The minimum atomic E-state index is -0.950. The predicted octanol–water partition coefficient (Wildman–Crippen LogP) is 2.73. The maximum atomic E-state index is 11.9. The number of carboxylic acids is 1. The molecule has 1 rings (SSSR count). The summed E-state index contributed by atoms with van der Waals surface area (Å²) in [6.07, 6.45) is 1.83. The monoisotopic (exact) mass is 292 g/mol. The maximum absolute atomic E-state index is 11.9. The lowest BCUT2D eigenvalue weighted by Crippen LogP contribution is -2.49. The van der Waals surface area contributed by atoms with Gasteiger partial charge in [-0.05, 0) is 25.8 Å². The van der Waals surface area contributed by atoms with Crippen LogP contribution in [0.2, 0.25) is 0 Å². The molecule has 0 spiro atoms. The van der Waals surface area contributed by atoms with Crippen LogP contribution in [0, 0.1) is 0 Å². The molecule has 1 aromatic carbocycles. The summed E-state index contributed by atoms with van der Waals surface area (Å²) in [5, 5.41) is 14.8. The van der Waals surface area contributed by atoms with Crippen LogP contribution in [0.1, 0.15) is 45.1 Å². The smallest absolute Gasteiger partial charge is 0.315 e. The van der Waals surface area contributed by atoms with Gasteiger partial charge in [-0.2, -0.15) is 0 Å². The highest BCUT2D eigenvalue weighted by Crippen LogP contribution is 2.15. The van der Waals surface area contributed by atoms with Gasteiger partial charge >= 0.3 is 12.0 Å². The molecule has 2 amide bonds. The first-order valence-corrected chi connectivity index (χ1v) is 7.19. The van der Waals surface area contributed by atoms with Gasteiger partial charge in [0.1, 0.15) is 0 Å². The van der Waals surface area contributed by atoms with Crippen LogP contribution >= 0.6 is 0 Å². The van der Waals surface area contributed by atoms with Crippen molar-refractivity contribution in [3.63, 3.8) is 0 Å². The minimum Gasteiger partial charge on any atom is -0.481 e. The molecule has 5 heteroatoms. The van der Waals surface area contributed by atoms with E-state index in [4.69, 9.17) is 0 Å². The van der Waals surface area contributed by atoms with Crippen molar-refractivity contribution < 1.29 is 14.7 Å². The largest absolute Gasteiger partial charge is 0.481 e. The van der Waals surface area contributed by atoms with E-state index in [2.05, 4.69) is 17.6 Å². The Morgan fingerprint density at radius 1 is 1.24 bits per heavy atom. The summed E-state index contributed by atoms with van der Waals surface area (Å²) in [6, 6.07) is 8.57. The molecule has 0 saturated heterocycles. The lowest BCUT2D eigenvalue weighted by atomic mass is 9.98. The number of carbonyl (C=O) groups excluding carboxylic acids is 1. The van der Waals surface area contributed by atoms with Gasteiger partial charge in [-0.15, -0.1) is 0 Å². The average Bonchev–Trinajstić information content (AvgIpc) is 2.38. The van der Waals surface area contributed by atoms with Crippen LogP contribution in [-0.4, -0.2) is 29.2 Å². The molecular formula is C16H24N2O3. The van der Waals surface area contributed by atoms with Gasteiger partial charge in [-0.25, -0.2) is 4.79 Å². The molecule has 0 saturated carbocycles. The van der Waals surface area contributed by atoms with Gasteiger partial charge in [0.2, 0.25) is 0 Å². The molecule has 0 heterocycles. The maximum Gasteiger partial charge on any atom is 0.315 e. The third-order valence-corrected chi connectivity index (χ3v) is 3.29. The molecule has 0 radical (unpaired) electrons. The number of urea groups is 1. The molecule has 1 aromatic rings. The second kappa shape index (κ2) is 7.67. The summed E-state index contributed by atoms with van der Waals surface area (Å²) in [4.78, 5) is 23.2. The fourth-order valence-corrected chi connectivity index (χ4v) is 2.27. The first-order chi connectivity index (χ1) is 9.85. The third-order valence-electron chi connectivity index (χ3n) is 3.29. The van der Waals surface area contributed by atoms with Crippen LogP contribution in [0.4, 0.5) is 4.79 Å². The van der Waals surface area contributed by atoms with Gasteiger partial charge in [0, 0.05) is 12.1 Å². The van der Waals surface area contributed by atoms with E-state index in [1.54, 1.807) is 24.3 Å². The van der Waals surface area contributed by atoms with Crippen molar-refractivity contribution in [2.45, 2.75) is 45.1 Å². The molecule has 21 heavy (non-hydrogen) atoms. The summed E-state index contributed by atoms with van der Waals surface area (Å²) in [7, 11) is 0. The van der Waals surface area contributed by atoms with Gasteiger partial charge in [0.15, 0.2) is 0 Å². The lowest BCUT2D eigenvalue weighted by Gasteiger charge is -2.26. The number of carbonyl (C=O) groups is 2. The summed E-state index contributed by atoms with van der Waals surface area (Å²) < 4.78 is 0. The quantitative estimate of drug-likeness (QED) is 0.723. The molecule has 0 aromatic heterocycles. The van der Waals surface area contributed by atoms with E-state index in [-0.39, 0.29) is 18.1 Å². The first-order valence-electron chi connectivity index (χ1n) is 7.19. The van der Waals surface area contributed by atoms with Crippen molar-refractivity contribution >= 4 is 12.0 Å². The number of benzene rings is 1. The van der Waals surface area contributed by atoms with Crippen molar-refractivity contribution in [3.8, 4) is 0 Å². The number of rotatable bonds is 7. The van der Waals surface area contributed by atoms with E-state index in [1.165, 1.54) is 0 Å². The molecule has 0 aliphatic heterocycles. The van der Waals surface area contributed by atoms with Crippen LogP contribution < -0.4 is 10.6 Å². The van der Waals surface area contributed by atoms with Crippen LogP contribution in [0.5, 0.6) is 0 Å². The summed E-state index contributed by atoms with van der Waals surface area (Å²) in [5.41, 5.74) is 0.378. The molecule has 0 bridgehead atoms. The summed E-state index contributed by atoms with van der Waals surface area (Å²) in [5.74, 6) is -1.69. The van der Waals surface area contributed by atoms with Gasteiger partial charge in [-0.3, -0.25) is 4.79 Å². The molecule has 0 aliphatic carbocycles. The Morgan fingerprint density at radius 2 is 1.86 bits per heavy atom. The van der Waals surface area contributed by atoms with Crippen LogP contribution in [0.15, 0.2) is 30.3 Å². The Hall–Kier alpha value is -2.04. The number of aliphatic carboxylic acids is 1. The van der Waals surface area contributed by atoms with E-state index in [0.29, 0.717) is 5.56 Å². The number of carboxylic acid groups (broad SMARTS) is 1. The van der Waals surface area contributed by atoms with Crippen molar-refractivity contribution in [1.29, 1.82) is 0 Å². The second-order valence-electron chi connectivity index (χ2n) is 5.77. The molecular weight excluding hydrogens is 268 g/mol. The molecule has 116 valence electrons. The highest BCUT2D eigenvalue weighted by atomic mass is 16.4. The Kier molecular flexibility index (Phi) is 6.21. The van der Waals surface area contributed by atoms with E-state index < -0.39 is 11.9 Å². The van der Waals surface area contributed by atoms with E-state index in [0.717, 1.165) is 12.8 Å². The SMILES string of the molecule is CCCC(C)(C)NC(=O)NCC(C(=O)O)c1ccccc1. The Morgan fingerprint density at radius 3 is 2.38 bits per heavy atom. The van der Waals surface area contributed by atoms with Gasteiger partial charge in [0.05, 0.1) is 5.92 Å². The van der Waals surface area contributed by atoms with Crippen molar-refractivity contribution in [1.82, 2.24) is 10.6 Å². The molecule has 3 N–H and O–H groups in total. The van der Waals surface area contributed by atoms with Crippen LogP contribution in [-0.2, 0) is 4.79 Å². The Bertz CT molecular complexity index is 472. The fourth-order valence-electron chi connectivity index (χ4n) is 2.27. The highest BCUT2D eigenvalue weighted by molar-refractivity contribution is 5.79. The summed E-state index contributed by atoms with van der Waals surface area (Å²) in [6.45, 7) is 6.01. The number of hydrogen-bond donors (Lipinski definition) is 3.